The maximum atomic E-state index is 12.1. The van der Waals surface area contributed by atoms with Crippen LogP contribution in [0.25, 0.3) is 0 Å². The minimum atomic E-state index is -0.139. The maximum Gasteiger partial charge on any atom is 0.257 e. The highest BCUT2D eigenvalue weighted by Gasteiger charge is 2.12. The smallest absolute Gasteiger partial charge is 0.257 e. The molecule has 0 bridgehead atoms. The molecule has 0 aliphatic rings. The normalized spacial score (nSPS) is 10.8. The van der Waals surface area contributed by atoms with Gasteiger partial charge in [-0.1, -0.05) is 55.1 Å². The molecule has 0 saturated carbocycles. The van der Waals surface area contributed by atoms with Crippen molar-refractivity contribution in [2.45, 2.75) is 25.1 Å². The number of anilines is 1. The number of carbonyl (C=O) groups is 1. The molecule has 6 heteroatoms. The van der Waals surface area contributed by atoms with Crippen molar-refractivity contribution in [1.82, 2.24) is 10.2 Å². The first kappa shape index (κ1) is 15.0. The van der Waals surface area contributed by atoms with E-state index in [0.717, 1.165) is 15.7 Å². The standard InChI is InChI=1S/C14H17N3OS2/c1-9(2)8-19-14-17-16-13(20-14)15-12(18)11-7-5-4-6-10(11)3/h4-7,9H,8H2,1-3H3,(H,15,16,18). The van der Waals surface area contributed by atoms with E-state index in [1.165, 1.54) is 11.3 Å². The number of thioether (sulfide) groups is 1. The average molecular weight is 307 g/mol. The highest BCUT2D eigenvalue weighted by Crippen LogP contribution is 2.27. The first-order valence-electron chi connectivity index (χ1n) is 6.39. The Bertz CT molecular complexity index is 596. The van der Waals surface area contributed by atoms with E-state index < -0.39 is 0 Å². The van der Waals surface area contributed by atoms with E-state index in [9.17, 15) is 4.79 Å². The van der Waals surface area contributed by atoms with Crippen molar-refractivity contribution in [3.63, 3.8) is 0 Å². The zero-order valence-electron chi connectivity index (χ0n) is 11.7. The van der Waals surface area contributed by atoms with Crippen LogP contribution in [0.2, 0.25) is 0 Å². The Morgan fingerprint density at radius 2 is 2.10 bits per heavy atom. The summed E-state index contributed by atoms with van der Waals surface area (Å²) < 4.78 is 0.888. The second-order valence-corrected chi connectivity index (χ2v) is 7.09. The Labute approximate surface area is 127 Å². The molecule has 0 aliphatic heterocycles. The Kier molecular flexibility index (Phi) is 5.14. The van der Waals surface area contributed by atoms with Gasteiger partial charge in [0.15, 0.2) is 4.34 Å². The molecule has 2 aromatic rings. The van der Waals surface area contributed by atoms with Crippen LogP contribution in [0.15, 0.2) is 28.6 Å². The first-order chi connectivity index (χ1) is 9.56. The quantitative estimate of drug-likeness (QED) is 0.673. The molecule has 2 rings (SSSR count). The van der Waals surface area contributed by atoms with E-state index in [4.69, 9.17) is 0 Å². The van der Waals surface area contributed by atoms with Crippen LogP contribution in [0.3, 0.4) is 0 Å². The molecule has 1 amide bonds. The van der Waals surface area contributed by atoms with E-state index in [1.807, 2.05) is 25.1 Å². The van der Waals surface area contributed by atoms with Crippen molar-refractivity contribution >= 4 is 34.1 Å². The molecule has 1 aromatic carbocycles. The third kappa shape index (κ3) is 4.05. The summed E-state index contributed by atoms with van der Waals surface area (Å²) in [4.78, 5) is 12.1. The number of benzene rings is 1. The molecule has 0 aliphatic carbocycles. The SMILES string of the molecule is Cc1ccccc1C(=O)Nc1nnc(SCC(C)C)s1. The number of aromatic nitrogens is 2. The predicted molar refractivity (Wildman–Crippen MR) is 84.6 cm³/mol. The fourth-order valence-electron chi connectivity index (χ4n) is 1.55. The maximum absolute atomic E-state index is 12.1. The molecular formula is C14H17N3OS2. The summed E-state index contributed by atoms with van der Waals surface area (Å²) in [6.45, 7) is 6.24. The van der Waals surface area contributed by atoms with Crippen LogP contribution in [-0.2, 0) is 0 Å². The summed E-state index contributed by atoms with van der Waals surface area (Å²) in [5, 5.41) is 11.4. The number of carbonyl (C=O) groups excluding carboxylic acids is 1. The van der Waals surface area contributed by atoms with E-state index in [1.54, 1.807) is 17.8 Å². The highest BCUT2D eigenvalue weighted by molar-refractivity contribution is 8.01. The summed E-state index contributed by atoms with van der Waals surface area (Å²) >= 11 is 3.08. The lowest BCUT2D eigenvalue weighted by Crippen LogP contribution is -2.12. The number of aryl methyl sites for hydroxylation is 1. The third-order valence-corrected chi connectivity index (χ3v) is 4.96. The van der Waals surface area contributed by atoms with E-state index in [0.29, 0.717) is 16.6 Å². The van der Waals surface area contributed by atoms with Crippen molar-refractivity contribution in [2.75, 3.05) is 11.1 Å². The van der Waals surface area contributed by atoms with Crippen LogP contribution in [0, 0.1) is 12.8 Å². The summed E-state index contributed by atoms with van der Waals surface area (Å²) in [5.41, 5.74) is 1.61. The molecule has 0 atom stereocenters. The van der Waals surface area contributed by atoms with Gasteiger partial charge in [-0.25, -0.2) is 0 Å². The number of hydrogen-bond donors (Lipinski definition) is 1. The lowest BCUT2D eigenvalue weighted by atomic mass is 10.1. The zero-order chi connectivity index (χ0) is 14.5. The molecule has 106 valence electrons. The van der Waals surface area contributed by atoms with Crippen LogP contribution in [0.1, 0.15) is 29.8 Å². The minimum Gasteiger partial charge on any atom is -0.296 e. The van der Waals surface area contributed by atoms with Gasteiger partial charge < -0.3 is 0 Å². The molecule has 0 fully saturated rings. The van der Waals surface area contributed by atoms with Crippen molar-refractivity contribution in [2.24, 2.45) is 5.92 Å². The summed E-state index contributed by atoms with van der Waals surface area (Å²) in [5.74, 6) is 1.47. The van der Waals surface area contributed by atoms with E-state index in [-0.39, 0.29) is 5.91 Å². The molecule has 0 unspecified atom stereocenters. The number of rotatable bonds is 5. The molecule has 0 spiro atoms. The van der Waals surface area contributed by atoms with Gasteiger partial charge in [0.05, 0.1) is 0 Å². The molecule has 20 heavy (non-hydrogen) atoms. The van der Waals surface area contributed by atoms with Crippen molar-refractivity contribution in [1.29, 1.82) is 0 Å². The van der Waals surface area contributed by atoms with Crippen molar-refractivity contribution in [3.05, 3.63) is 35.4 Å². The van der Waals surface area contributed by atoms with Crippen molar-refractivity contribution in [3.8, 4) is 0 Å². The highest BCUT2D eigenvalue weighted by atomic mass is 32.2. The summed E-state index contributed by atoms with van der Waals surface area (Å²) in [7, 11) is 0. The van der Waals surface area contributed by atoms with Gasteiger partial charge in [0.25, 0.3) is 5.91 Å². The monoisotopic (exact) mass is 307 g/mol. The van der Waals surface area contributed by atoms with Gasteiger partial charge in [0.2, 0.25) is 5.13 Å². The number of amides is 1. The van der Waals surface area contributed by atoms with Gasteiger partial charge in [-0.15, -0.1) is 10.2 Å². The topological polar surface area (TPSA) is 54.9 Å². The van der Waals surface area contributed by atoms with Gasteiger partial charge in [-0.3, -0.25) is 10.1 Å². The van der Waals surface area contributed by atoms with E-state index >= 15 is 0 Å². The van der Waals surface area contributed by atoms with E-state index in [2.05, 4.69) is 29.4 Å². The molecule has 0 radical (unpaired) electrons. The van der Waals surface area contributed by atoms with Crippen molar-refractivity contribution < 1.29 is 4.79 Å². The molecule has 4 nitrogen and oxygen atoms in total. The van der Waals surface area contributed by atoms with Gasteiger partial charge >= 0.3 is 0 Å². The predicted octanol–water partition coefficient (Wildman–Crippen LogP) is 3.85. The Morgan fingerprint density at radius 1 is 1.35 bits per heavy atom. The zero-order valence-corrected chi connectivity index (χ0v) is 13.3. The summed E-state index contributed by atoms with van der Waals surface area (Å²) in [6.07, 6.45) is 0. The number of hydrogen-bond acceptors (Lipinski definition) is 5. The lowest BCUT2D eigenvalue weighted by molar-refractivity contribution is 0.102. The van der Waals surface area contributed by atoms with Crippen LogP contribution in [0.5, 0.6) is 0 Å². The minimum absolute atomic E-state index is 0.139. The first-order valence-corrected chi connectivity index (χ1v) is 8.19. The lowest BCUT2D eigenvalue weighted by Gasteiger charge is -2.03. The molecule has 1 N–H and O–H groups in total. The fraction of sp³-hybridized carbons (Fsp3) is 0.357. The molecule has 1 heterocycles. The Balaban J connectivity index is 2.00. The largest absolute Gasteiger partial charge is 0.296 e. The van der Waals surface area contributed by atoms with Gasteiger partial charge in [-0.2, -0.15) is 0 Å². The number of nitrogens with zero attached hydrogens (tertiary/aromatic N) is 2. The second kappa shape index (κ2) is 6.85. The molecule has 1 aromatic heterocycles. The number of nitrogens with one attached hydrogen (secondary N) is 1. The van der Waals surface area contributed by atoms with Crippen LogP contribution < -0.4 is 5.32 Å². The average Bonchev–Trinajstić information content (AvgIpc) is 2.84. The molecule has 0 saturated heterocycles. The fourth-order valence-corrected chi connectivity index (χ4v) is 3.27. The van der Waals surface area contributed by atoms with Gasteiger partial charge in [0.1, 0.15) is 0 Å². The van der Waals surface area contributed by atoms with Crippen LogP contribution >= 0.6 is 23.1 Å². The van der Waals surface area contributed by atoms with Gasteiger partial charge in [0, 0.05) is 11.3 Å². The van der Waals surface area contributed by atoms with Gasteiger partial charge in [-0.05, 0) is 24.5 Å². The van der Waals surface area contributed by atoms with Crippen LogP contribution in [-0.4, -0.2) is 21.9 Å². The second-order valence-electron chi connectivity index (χ2n) is 4.85. The third-order valence-electron chi connectivity index (χ3n) is 2.56. The Hall–Kier alpha value is -1.40. The van der Waals surface area contributed by atoms with Crippen LogP contribution in [0.4, 0.5) is 5.13 Å². The molecular weight excluding hydrogens is 290 g/mol. The summed E-state index contributed by atoms with van der Waals surface area (Å²) in [6, 6.07) is 7.49. The Morgan fingerprint density at radius 3 is 2.80 bits per heavy atom.